The third-order valence-corrected chi connectivity index (χ3v) is 4.77. The van der Waals surface area contributed by atoms with Crippen molar-refractivity contribution in [3.63, 3.8) is 0 Å². The maximum atomic E-state index is 5.89. The Morgan fingerprint density at radius 1 is 1.08 bits per heavy atom. The van der Waals surface area contributed by atoms with Gasteiger partial charge in [0.05, 0.1) is 23.9 Å². The lowest BCUT2D eigenvalue weighted by Gasteiger charge is -2.08. The van der Waals surface area contributed by atoms with E-state index >= 15 is 0 Å². The molecule has 0 N–H and O–H groups in total. The molecular weight excluding hydrogens is 334 g/mol. The van der Waals surface area contributed by atoms with Crippen molar-refractivity contribution in [1.82, 2.24) is 35.0 Å². The topological polar surface area (TPSA) is 96.7 Å². The average molecular weight is 351 g/mol. The molecule has 4 heterocycles. The molecule has 26 heavy (non-hydrogen) atoms. The quantitative estimate of drug-likeness (QED) is 0.558. The minimum Gasteiger partial charge on any atom is -0.413 e. The maximum absolute atomic E-state index is 5.89. The van der Waals surface area contributed by atoms with E-state index in [9.17, 15) is 0 Å². The molecule has 1 unspecified atom stereocenters. The summed E-state index contributed by atoms with van der Waals surface area (Å²) in [6.45, 7) is 3.35. The van der Waals surface area contributed by atoms with Crippen LogP contribution in [0.1, 0.15) is 18.2 Å². The Bertz CT molecular complexity index is 1090. The fourth-order valence-electron chi connectivity index (χ4n) is 3.39. The number of benzene rings is 1. The van der Waals surface area contributed by atoms with Crippen LogP contribution in [0.15, 0.2) is 28.7 Å². The van der Waals surface area contributed by atoms with Gasteiger partial charge in [0.15, 0.2) is 11.4 Å². The minimum atomic E-state index is 0.207. The summed E-state index contributed by atoms with van der Waals surface area (Å²) >= 11 is 0. The molecule has 132 valence electrons. The second-order valence-electron chi connectivity index (χ2n) is 6.39. The van der Waals surface area contributed by atoms with Crippen molar-refractivity contribution in [2.45, 2.75) is 19.4 Å². The predicted molar refractivity (Wildman–Crippen MR) is 92.2 cm³/mol. The number of hydrogen-bond donors (Lipinski definition) is 0. The molecule has 9 nitrogen and oxygen atoms in total. The molecule has 0 saturated carbocycles. The van der Waals surface area contributed by atoms with Crippen LogP contribution in [0.25, 0.3) is 34.1 Å². The summed E-state index contributed by atoms with van der Waals surface area (Å²) in [4.78, 5) is 0. The monoisotopic (exact) mass is 351 g/mol. The van der Waals surface area contributed by atoms with Gasteiger partial charge in [-0.25, -0.2) is 4.68 Å². The van der Waals surface area contributed by atoms with Gasteiger partial charge in [-0.15, -0.1) is 15.3 Å². The summed E-state index contributed by atoms with van der Waals surface area (Å²) in [6.07, 6.45) is 0.929. The van der Waals surface area contributed by atoms with Crippen molar-refractivity contribution in [3.8, 4) is 23.2 Å². The molecular formula is C17H17N7O2. The fraction of sp³-hybridized carbons (Fsp3) is 0.353. The molecule has 4 aromatic rings. The van der Waals surface area contributed by atoms with E-state index in [1.54, 1.807) is 4.68 Å². The van der Waals surface area contributed by atoms with Crippen molar-refractivity contribution in [1.29, 1.82) is 0 Å². The van der Waals surface area contributed by atoms with Gasteiger partial charge in [0.25, 0.3) is 11.8 Å². The molecule has 1 aromatic carbocycles. The van der Waals surface area contributed by atoms with Crippen molar-refractivity contribution >= 4 is 10.9 Å². The van der Waals surface area contributed by atoms with Crippen molar-refractivity contribution in [3.05, 3.63) is 30.0 Å². The molecule has 1 aliphatic heterocycles. The highest BCUT2D eigenvalue weighted by Gasteiger charge is 2.25. The average Bonchev–Trinajstić information content (AvgIpc) is 3.41. The summed E-state index contributed by atoms with van der Waals surface area (Å²) in [7, 11) is 1.89. The first kappa shape index (κ1) is 15.2. The van der Waals surface area contributed by atoms with Crippen LogP contribution in [0.2, 0.25) is 0 Å². The first-order chi connectivity index (χ1) is 12.7. The summed E-state index contributed by atoms with van der Waals surface area (Å²) in [5.41, 5.74) is 3.15. The van der Waals surface area contributed by atoms with E-state index in [0.29, 0.717) is 29.8 Å². The van der Waals surface area contributed by atoms with Crippen LogP contribution < -0.4 is 0 Å². The van der Waals surface area contributed by atoms with E-state index < -0.39 is 0 Å². The Morgan fingerprint density at radius 3 is 2.69 bits per heavy atom. The van der Waals surface area contributed by atoms with Crippen LogP contribution in [-0.2, 0) is 11.8 Å². The van der Waals surface area contributed by atoms with Crippen molar-refractivity contribution < 1.29 is 9.15 Å². The second kappa shape index (κ2) is 5.73. The standard InChI is InChI=1S/C17H17N7O2/c1-10-14(18-22-24(10)11-7-8-25-9-11)16-19-20-17(26-16)15-12-5-3-4-6-13(12)23(2)21-15/h3-6,11H,7-9H2,1-2H3. The summed E-state index contributed by atoms with van der Waals surface area (Å²) in [6, 6.07) is 8.13. The molecule has 0 bridgehead atoms. The molecule has 1 fully saturated rings. The van der Waals surface area contributed by atoms with Crippen LogP contribution in [0, 0.1) is 6.92 Å². The maximum Gasteiger partial charge on any atom is 0.270 e. The van der Waals surface area contributed by atoms with Crippen LogP contribution in [0.3, 0.4) is 0 Å². The van der Waals surface area contributed by atoms with E-state index in [1.807, 2.05) is 42.9 Å². The van der Waals surface area contributed by atoms with Gasteiger partial charge in [0, 0.05) is 19.0 Å². The number of para-hydroxylation sites is 1. The first-order valence-electron chi connectivity index (χ1n) is 8.48. The molecule has 0 spiro atoms. The molecule has 5 rings (SSSR count). The van der Waals surface area contributed by atoms with E-state index in [-0.39, 0.29) is 6.04 Å². The summed E-state index contributed by atoms with van der Waals surface area (Å²) in [5, 5.41) is 22.3. The van der Waals surface area contributed by atoms with Gasteiger partial charge < -0.3 is 9.15 Å². The Kier molecular flexibility index (Phi) is 3.35. The molecule has 1 aliphatic rings. The van der Waals surface area contributed by atoms with E-state index in [0.717, 1.165) is 29.6 Å². The van der Waals surface area contributed by atoms with Gasteiger partial charge >= 0.3 is 0 Å². The van der Waals surface area contributed by atoms with E-state index in [1.165, 1.54) is 0 Å². The third-order valence-electron chi connectivity index (χ3n) is 4.77. The Hall–Kier alpha value is -3.07. The SMILES string of the molecule is Cc1c(-c2nnc(-c3nn(C)c4ccccc34)o2)nnn1C1CCOC1. The number of aryl methyl sites for hydroxylation is 1. The highest BCUT2D eigenvalue weighted by Crippen LogP contribution is 2.30. The number of nitrogens with zero attached hydrogens (tertiary/aromatic N) is 7. The van der Waals surface area contributed by atoms with E-state index in [2.05, 4.69) is 25.6 Å². The van der Waals surface area contributed by atoms with Crippen LogP contribution >= 0.6 is 0 Å². The van der Waals surface area contributed by atoms with E-state index in [4.69, 9.17) is 9.15 Å². The van der Waals surface area contributed by atoms with Gasteiger partial charge in [0.2, 0.25) is 0 Å². The van der Waals surface area contributed by atoms with Gasteiger partial charge in [-0.1, -0.05) is 23.4 Å². The van der Waals surface area contributed by atoms with Gasteiger partial charge in [-0.2, -0.15) is 5.10 Å². The van der Waals surface area contributed by atoms with Crippen molar-refractivity contribution in [2.75, 3.05) is 13.2 Å². The Labute approximate surface area is 148 Å². The number of rotatable bonds is 3. The molecule has 3 aromatic heterocycles. The molecule has 9 heteroatoms. The first-order valence-corrected chi connectivity index (χ1v) is 8.48. The molecule has 1 saturated heterocycles. The highest BCUT2D eigenvalue weighted by atomic mass is 16.5. The normalized spacial score (nSPS) is 17.4. The smallest absolute Gasteiger partial charge is 0.270 e. The van der Waals surface area contributed by atoms with Gasteiger partial charge in [0.1, 0.15) is 0 Å². The fourth-order valence-corrected chi connectivity index (χ4v) is 3.39. The lowest BCUT2D eigenvalue weighted by Crippen LogP contribution is -2.12. The minimum absolute atomic E-state index is 0.207. The lowest BCUT2D eigenvalue weighted by atomic mass is 10.2. The lowest BCUT2D eigenvalue weighted by molar-refractivity contribution is 0.183. The number of fused-ring (bicyclic) bond motifs is 1. The number of aromatic nitrogens is 7. The number of ether oxygens (including phenoxy) is 1. The van der Waals surface area contributed by atoms with Gasteiger partial charge in [-0.3, -0.25) is 4.68 Å². The van der Waals surface area contributed by atoms with Gasteiger partial charge in [-0.05, 0) is 19.4 Å². The van der Waals surface area contributed by atoms with Crippen molar-refractivity contribution in [2.24, 2.45) is 7.05 Å². The Morgan fingerprint density at radius 2 is 1.88 bits per heavy atom. The van der Waals surface area contributed by atoms with Crippen LogP contribution in [-0.4, -0.2) is 48.2 Å². The summed E-state index contributed by atoms with van der Waals surface area (Å²) in [5.74, 6) is 0.715. The molecule has 0 aliphatic carbocycles. The van der Waals surface area contributed by atoms with Crippen LogP contribution in [0.4, 0.5) is 0 Å². The van der Waals surface area contributed by atoms with Crippen LogP contribution in [0.5, 0.6) is 0 Å². The number of hydrogen-bond acceptors (Lipinski definition) is 7. The Balaban J connectivity index is 1.54. The summed E-state index contributed by atoms with van der Waals surface area (Å²) < 4.78 is 15.0. The zero-order valence-electron chi connectivity index (χ0n) is 14.5. The highest BCUT2D eigenvalue weighted by molar-refractivity contribution is 5.91. The third kappa shape index (κ3) is 2.24. The second-order valence-corrected chi connectivity index (χ2v) is 6.39. The molecule has 0 amide bonds. The zero-order chi connectivity index (χ0) is 17.7. The predicted octanol–water partition coefficient (Wildman–Crippen LogP) is 2.15. The molecule has 0 radical (unpaired) electrons. The zero-order valence-corrected chi connectivity index (χ0v) is 14.5. The molecule has 1 atom stereocenters. The largest absolute Gasteiger partial charge is 0.413 e.